The molecule has 1 unspecified atom stereocenters. The summed E-state index contributed by atoms with van der Waals surface area (Å²) in [5.41, 5.74) is 1.57. The molecule has 0 amide bonds. The van der Waals surface area contributed by atoms with E-state index < -0.39 is 6.10 Å². The molecule has 0 aliphatic carbocycles. The van der Waals surface area contributed by atoms with E-state index in [2.05, 4.69) is 37.5 Å². The lowest BCUT2D eigenvalue weighted by Gasteiger charge is -2.13. The molecule has 0 saturated carbocycles. The molecule has 0 aliphatic rings. The maximum Gasteiger partial charge on any atom is 0.134 e. The van der Waals surface area contributed by atoms with Gasteiger partial charge in [-0.05, 0) is 33.9 Å². The zero-order valence-corrected chi connectivity index (χ0v) is 13.8. The summed E-state index contributed by atoms with van der Waals surface area (Å²) in [7, 11) is 1.64. The van der Waals surface area contributed by atoms with Crippen LogP contribution < -0.4 is 0 Å². The summed E-state index contributed by atoms with van der Waals surface area (Å²) in [4.78, 5) is 0.784. The fourth-order valence-corrected chi connectivity index (χ4v) is 3.16. The van der Waals surface area contributed by atoms with E-state index >= 15 is 0 Å². The lowest BCUT2D eigenvalue weighted by molar-refractivity contribution is 0.171. The normalized spacial score (nSPS) is 12.8. The molecule has 2 aromatic heterocycles. The van der Waals surface area contributed by atoms with Crippen molar-refractivity contribution in [2.75, 3.05) is 13.7 Å². The Balaban J connectivity index is 2.30. The minimum Gasteiger partial charge on any atom is -0.383 e. The minimum atomic E-state index is -0.773. The van der Waals surface area contributed by atoms with Gasteiger partial charge in [-0.25, -0.2) is 0 Å². The average molecular weight is 361 g/mol. The van der Waals surface area contributed by atoms with Gasteiger partial charge >= 0.3 is 0 Å². The number of hydrogen-bond acceptors (Lipinski definition) is 6. The first-order chi connectivity index (χ1) is 9.69. The van der Waals surface area contributed by atoms with Crippen molar-refractivity contribution in [3.8, 4) is 0 Å². The number of halogens is 1. The molecule has 0 spiro atoms. The Morgan fingerprint density at radius 3 is 3.05 bits per heavy atom. The van der Waals surface area contributed by atoms with E-state index in [1.54, 1.807) is 18.0 Å². The van der Waals surface area contributed by atoms with E-state index in [0.29, 0.717) is 18.8 Å². The third-order valence-corrected chi connectivity index (χ3v) is 4.35. The molecule has 8 heteroatoms. The van der Waals surface area contributed by atoms with Crippen molar-refractivity contribution in [3.05, 3.63) is 26.9 Å². The van der Waals surface area contributed by atoms with E-state index in [-0.39, 0.29) is 0 Å². The van der Waals surface area contributed by atoms with Gasteiger partial charge in [0, 0.05) is 7.11 Å². The van der Waals surface area contributed by atoms with Crippen LogP contribution in [0.4, 0.5) is 0 Å². The van der Waals surface area contributed by atoms with Crippen LogP contribution in [0.25, 0.3) is 0 Å². The maximum absolute atomic E-state index is 10.6. The third-order valence-electron chi connectivity index (χ3n) is 2.92. The van der Waals surface area contributed by atoms with Crippen molar-refractivity contribution >= 4 is 27.5 Å². The highest BCUT2D eigenvalue weighted by molar-refractivity contribution is 9.10. The molecule has 0 radical (unpaired) electrons. The number of aliphatic hydroxyl groups is 1. The number of methoxy groups -OCH3 is 1. The lowest BCUT2D eigenvalue weighted by atomic mass is 10.1. The van der Waals surface area contributed by atoms with Crippen molar-refractivity contribution in [1.29, 1.82) is 0 Å². The predicted octanol–water partition coefficient (Wildman–Crippen LogP) is 2.18. The van der Waals surface area contributed by atoms with Crippen LogP contribution in [0.1, 0.15) is 35.7 Å². The Labute approximate surface area is 130 Å². The van der Waals surface area contributed by atoms with Crippen LogP contribution in [-0.4, -0.2) is 38.2 Å². The predicted molar refractivity (Wildman–Crippen MR) is 79.8 cm³/mol. The molecule has 0 aromatic carbocycles. The van der Waals surface area contributed by atoms with E-state index in [4.69, 9.17) is 4.74 Å². The van der Waals surface area contributed by atoms with Crippen molar-refractivity contribution < 1.29 is 9.84 Å². The molecule has 20 heavy (non-hydrogen) atoms. The van der Waals surface area contributed by atoms with E-state index in [9.17, 15) is 5.11 Å². The van der Waals surface area contributed by atoms with Crippen molar-refractivity contribution in [2.24, 2.45) is 0 Å². The summed E-state index contributed by atoms with van der Waals surface area (Å²) in [5.74, 6) is 0. The number of aliphatic hydroxyl groups excluding tert-OH is 1. The summed E-state index contributed by atoms with van der Waals surface area (Å²) >= 11 is 4.67. The Kier molecular flexibility index (Phi) is 5.64. The van der Waals surface area contributed by atoms with Gasteiger partial charge in [-0.2, -0.15) is 5.10 Å². The molecule has 0 aliphatic heterocycles. The molecule has 1 N–H and O–H groups in total. The second-order valence-electron chi connectivity index (χ2n) is 4.33. The molecule has 6 nitrogen and oxygen atoms in total. The molecule has 2 heterocycles. The van der Waals surface area contributed by atoms with Gasteiger partial charge in [0.05, 0.1) is 40.1 Å². The Morgan fingerprint density at radius 2 is 2.35 bits per heavy atom. The zero-order chi connectivity index (χ0) is 14.5. The fourth-order valence-electron chi connectivity index (χ4n) is 1.96. The maximum atomic E-state index is 10.6. The zero-order valence-electron chi connectivity index (χ0n) is 11.4. The van der Waals surface area contributed by atoms with Crippen LogP contribution in [0.15, 0.2) is 10.7 Å². The summed E-state index contributed by atoms with van der Waals surface area (Å²) in [6.07, 6.45) is 2.69. The summed E-state index contributed by atoms with van der Waals surface area (Å²) in [6, 6.07) is 0. The number of rotatable bonds is 7. The van der Waals surface area contributed by atoms with Gasteiger partial charge in [-0.15, -0.1) is 5.10 Å². The molecule has 110 valence electrons. The van der Waals surface area contributed by atoms with E-state index in [1.807, 2.05) is 0 Å². The molecular formula is C12H17BrN4O2S. The molecule has 0 saturated heterocycles. The number of nitrogens with zero attached hydrogens (tertiary/aromatic N) is 4. The van der Waals surface area contributed by atoms with Gasteiger partial charge in [-0.3, -0.25) is 4.68 Å². The van der Waals surface area contributed by atoms with Crippen molar-refractivity contribution in [3.63, 3.8) is 0 Å². The van der Waals surface area contributed by atoms with Crippen molar-refractivity contribution in [1.82, 2.24) is 19.4 Å². The number of ether oxygens (including phenoxy) is 1. The van der Waals surface area contributed by atoms with Crippen LogP contribution in [0.3, 0.4) is 0 Å². The molecule has 2 aromatic rings. The lowest BCUT2D eigenvalue weighted by Crippen LogP contribution is -2.14. The quantitative estimate of drug-likeness (QED) is 0.818. The smallest absolute Gasteiger partial charge is 0.134 e. The first-order valence-corrected chi connectivity index (χ1v) is 7.95. The Bertz CT molecular complexity index is 557. The summed E-state index contributed by atoms with van der Waals surface area (Å²) in [5, 5.41) is 19.0. The van der Waals surface area contributed by atoms with Crippen LogP contribution in [0, 0.1) is 0 Å². The van der Waals surface area contributed by atoms with E-state index in [0.717, 1.165) is 27.9 Å². The first-order valence-electron chi connectivity index (χ1n) is 6.38. The van der Waals surface area contributed by atoms with Gasteiger partial charge in [-0.1, -0.05) is 17.8 Å². The molecule has 2 rings (SSSR count). The molecule has 1 atom stereocenters. The van der Waals surface area contributed by atoms with Gasteiger partial charge in [0.2, 0.25) is 0 Å². The molecule has 0 fully saturated rings. The third kappa shape index (κ3) is 3.25. The van der Waals surface area contributed by atoms with Crippen LogP contribution >= 0.6 is 27.5 Å². The van der Waals surface area contributed by atoms with E-state index in [1.165, 1.54) is 11.5 Å². The number of hydrogen-bond donors (Lipinski definition) is 1. The molecule has 0 bridgehead atoms. The standard InChI is InChI=1S/C12H17BrN4O2S/c1-3-4-9-12(20-16-15-9)11(18)10-8(13)7-14-17(10)5-6-19-2/h7,11,18H,3-6H2,1-2H3. The largest absolute Gasteiger partial charge is 0.383 e. The Morgan fingerprint density at radius 1 is 1.55 bits per heavy atom. The van der Waals surface area contributed by atoms with Crippen molar-refractivity contribution in [2.45, 2.75) is 32.4 Å². The first kappa shape index (κ1) is 15.6. The van der Waals surface area contributed by atoms with Gasteiger partial charge in [0.25, 0.3) is 0 Å². The highest BCUT2D eigenvalue weighted by Crippen LogP contribution is 2.32. The van der Waals surface area contributed by atoms with Crippen LogP contribution in [-0.2, 0) is 17.7 Å². The van der Waals surface area contributed by atoms with Crippen LogP contribution in [0.2, 0.25) is 0 Å². The van der Waals surface area contributed by atoms with Gasteiger partial charge in [0.15, 0.2) is 0 Å². The fraction of sp³-hybridized carbons (Fsp3) is 0.583. The Hall–Kier alpha value is -0.830. The van der Waals surface area contributed by atoms with Gasteiger partial charge < -0.3 is 9.84 Å². The highest BCUT2D eigenvalue weighted by Gasteiger charge is 2.24. The minimum absolute atomic E-state index is 0.538. The monoisotopic (exact) mass is 360 g/mol. The van der Waals surface area contributed by atoms with Gasteiger partial charge in [0.1, 0.15) is 6.10 Å². The van der Waals surface area contributed by atoms with Crippen LogP contribution in [0.5, 0.6) is 0 Å². The average Bonchev–Trinajstić information content (AvgIpc) is 3.03. The second kappa shape index (κ2) is 7.26. The molecular weight excluding hydrogens is 344 g/mol. The number of aryl methyl sites for hydroxylation is 1. The highest BCUT2D eigenvalue weighted by atomic mass is 79.9. The topological polar surface area (TPSA) is 73.1 Å². The number of aromatic nitrogens is 4. The second-order valence-corrected chi connectivity index (χ2v) is 5.97. The summed E-state index contributed by atoms with van der Waals surface area (Å²) in [6.45, 7) is 3.20. The SMILES string of the molecule is CCCc1nnsc1C(O)c1c(Br)cnn1CCOC. The summed E-state index contributed by atoms with van der Waals surface area (Å²) < 4.78 is 11.5.